The van der Waals surface area contributed by atoms with Gasteiger partial charge < -0.3 is 10.7 Å². The smallest absolute Gasteiger partial charge is 0.138 e. The maximum atomic E-state index is 5.59. The van der Waals surface area contributed by atoms with E-state index in [1.807, 2.05) is 30.6 Å². The molecular weight excluding hydrogens is 276 g/mol. The number of hydrogen-bond acceptors (Lipinski definition) is 4. The van der Waals surface area contributed by atoms with Gasteiger partial charge in [-0.2, -0.15) is 14.8 Å². The fourth-order valence-electron chi connectivity index (χ4n) is 2.78. The van der Waals surface area contributed by atoms with Crippen molar-refractivity contribution in [3.63, 3.8) is 0 Å². The van der Waals surface area contributed by atoms with Gasteiger partial charge in [-0.1, -0.05) is 0 Å². The highest BCUT2D eigenvalue weighted by molar-refractivity contribution is 5.97. The molecular formula is C16H16N6. The predicted molar refractivity (Wildman–Crippen MR) is 85.5 cm³/mol. The van der Waals surface area contributed by atoms with Crippen LogP contribution in [0.4, 0.5) is 0 Å². The summed E-state index contributed by atoms with van der Waals surface area (Å²) in [5.41, 5.74) is 10.8. The highest BCUT2D eigenvalue weighted by Crippen LogP contribution is 2.30. The quantitative estimate of drug-likeness (QED) is 0.603. The second-order valence-corrected chi connectivity index (χ2v) is 5.26. The van der Waals surface area contributed by atoms with Crippen molar-refractivity contribution in [3.05, 3.63) is 48.5 Å². The van der Waals surface area contributed by atoms with E-state index in [-0.39, 0.29) is 0 Å². The van der Waals surface area contributed by atoms with Crippen molar-refractivity contribution in [3.8, 4) is 11.1 Å². The summed E-state index contributed by atoms with van der Waals surface area (Å²) < 4.78 is 1.64. The van der Waals surface area contributed by atoms with E-state index in [0.717, 1.165) is 46.2 Å². The summed E-state index contributed by atoms with van der Waals surface area (Å²) in [5, 5.41) is 9.64. The Morgan fingerprint density at radius 2 is 2.09 bits per heavy atom. The van der Waals surface area contributed by atoms with E-state index in [4.69, 9.17) is 5.73 Å². The normalized spacial score (nSPS) is 11.5. The zero-order chi connectivity index (χ0) is 14.9. The summed E-state index contributed by atoms with van der Waals surface area (Å²) in [6, 6.07) is 8.12. The first-order chi connectivity index (χ1) is 10.9. The first-order valence-corrected chi connectivity index (χ1v) is 7.33. The number of aromatic nitrogens is 5. The number of H-pyrrole nitrogens is 1. The van der Waals surface area contributed by atoms with E-state index in [9.17, 15) is 0 Å². The fourth-order valence-corrected chi connectivity index (χ4v) is 2.78. The molecule has 0 radical (unpaired) electrons. The molecule has 0 unspecified atom stereocenters. The van der Waals surface area contributed by atoms with Crippen molar-refractivity contribution in [1.29, 1.82) is 0 Å². The van der Waals surface area contributed by atoms with Crippen LogP contribution in [0.25, 0.3) is 27.7 Å². The maximum Gasteiger partial charge on any atom is 0.138 e. The van der Waals surface area contributed by atoms with Gasteiger partial charge in [-0.3, -0.25) is 0 Å². The minimum Gasteiger partial charge on any atom is -0.343 e. The van der Waals surface area contributed by atoms with Crippen LogP contribution in [-0.2, 0) is 6.42 Å². The van der Waals surface area contributed by atoms with Crippen molar-refractivity contribution in [2.45, 2.75) is 12.8 Å². The molecule has 22 heavy (non-hydrogen) atoms. The highest BCUT2D eigenvalue weighted by atomic mass is 15.4. The monoisotopic (exact) mass is 292 g/mol. The molecule has 0 amide bonds. The van der Waals surface area contributed by atoms with Crippen molar-refractivity contribution >= 4 is 16.6 Å². The van der Waals surface area contributed by atoms with Gasteiger partial charge in [-0.05, 0) is 49.2 Å². The molecule has 0 fully saturated rings. The summed E-state index contributed by atoms with van der Waals surface area (Å²) in [4.78, 5) is 7.80. The molecule has 4 rings (SSSR count). The summed E-state index contributed by atoms with van der Waals surface area (Å²) in [6.45, 7) is 0.690. The van der Waals surface area contributed by atoms with Gasteiger partial charge in [0.05, 0.1) is 11.7 Å². The molecule has 0 bridgehead atoms. The van der Waals surface area contributed by atoms with Crippen molar-refractivity contribution in [1.82, 2.24) is 24.8 Å². The molecule has 6 nitrogen and oxygen atoms in total. The average Bonchev–Trinajstić information content (AvgIpc) is 3.16. The Hall–Kier alpha value is -2.73. The predicted octanol–water partition coefficient (Wildman–Crippen LogP) is 2.16. The van der Waals surface area contributed by atoms with Gasteiger partial charge in [-0.25, -0.2) is 4.98 Å². The van der Waals surface area contributed by atoms with Gasteiger partial charge in [0.15, 0.2) is 0 Å². The molecule has 4 aromatic rings. The van der Waals surface area contributed by atoms with Crippen molar-refractivity contribution in [2.24, 2.45) is 5.73 Å². The van der Waals surface area contributed by atoms with Crippen LogP contribution in [-0.4, -0.2) is 31.3 Å². The molecule has 0 saturated carbocycles. The molecule has 4 heterocycles. The number of pyridine rings is 1. The van der Waals surface area contributed by atoms with E-state index in [1.165, 1.54) is 0 Å². The van der Waals surface area contributed by atoms with Crippen LogP contribution in [0, 0.1) is 0 Å². The van der Waals surface area contributed by atoms with Gasteiger partial charge in [0, 0.05) is 29.0 Å². The topological polar surface area (TPSA) is 84.9 Å². The molecule has 0 aliphatic heterocycles. The summed E-state index contributed by atoms with van der Waals surface area (Å²) in [5.74, 6) is 0. The van der Waals surface area contributed by atoms with Crippen molar-refractivity contribution < 1.29 is 0 Å². The highest BCUT2D eigenvalue weighted by Gasteiger charge is 2.12. The number of fused-ring (bicyclic) bond motifs is 2. The molecule has 0 aliphatic carbocycles. The fraction of sp³-hybridized carbons (Fsp3) is 0.188. The number of nitrogens with zero attached hydrogens (tertiary/aromatic N) is 4. The van der Waals surface area contributed by atoms with Crippen LogP contribution in [0.1, 0.15) is 12.1 Å². The van der Waals surface area contributed by atoms with Gasteiger partial charge in [0.1, 0.15) is 5.65 Å². The molecule has 4 aromatic heterocycles. The second kappa shape index (κ2) is 5.23. The third kappa shape index (κ3) is 2.05. The lowest BCUT2D eigenvalue weighted by atomic mass is 10.1. The Labute approximate surface area is 127 Å². The van der Waals surface area contributed by atoms with Crippen LogP contribution in [0.3, 0.4) is 0 Å². The zero-order valence-corrected chi connectivity index (χ0v) is 12.0. The summed E-state index contributed by atoms with van der Waals surface area (Å²) in [7, 11) is 0. The van der Waals surface area contributed by atoms with Crippen LogP contribution >= 0.6 is 0 Å². The molecule has 6 heteroatoms. The number of rotatable bonds is 4. The van der Waals surface area contributed by atoms with Gasteiger partial charge in [0.25, 0.3) is 0 Å². The Morgan fingerprint density at radius 1 is 1.14 bits per heavy atom. The summed E-state index contributed by atoms with van der Waals surface area (Å²) >= 11 is 0. The standard InChI is InChI=1S/C16H16N6/c17-6-1-3-11-9-13-12(5-8-18-16(13)21-11)14-10-20-22-15(14)4-2-7-19-22/h2,4-5,7-10H,1,3,6,17H2,(H,18,21). The SMILES string of the molecule is NCCCc1cc2c(-c3cnn4ncccc34)ccnc2[nH]1. The largest absolute Gasteiger partial charge is 0.343 e. The minimum absolute atomic E-state index is 0.690. The van der Waals surface area contributed by atoms with Crippen molar-refractivity contribution in [2.75, 3.05) is 6.54 Å². The summed E-state index contributed by atoms with van der Waals surface area (Å²) in [6.07, 6.45) is 7.29. The Balaban J connectivity index is 1.89. The first-order valence-electron chi connectivity index (χ1n) is 7.33. The van der Waals surface area contributed by atoms with Crippen LogP contribution in [0.15, 0.2) is 42.9 Å². The van der Waals surface area contributed by atoms with Crippen LogP contribution in [0.5, 0.6) is 0 Å². The minimum atomic E-state index is 0.690. The van der Waals surface area contributed by atoms with Crippen LogP contribution in [0.2, 0.25) is 0 Å². The lowest BCUT2D eigenvalue weighted by molar-refractivity contribution is 0.800. The number of aryl methyl sites for hydroxylation is 1. The number of nitrogens with two attached hydrogens (primary N) is 1. The Bertz CT molecular complexity index is 936. The maximum absolute atomic E-state index is 5.59. The Kier molecular flexibility index (Phi) is 3.08. The molecule has 0 saturated heterocycles. The molecule has 0 aromatic carbocycles. The molecule has 0 spiro atoms. The van der Waals surface area contributed by atoms with E-state index in [0.29, 0.717) is 6.54 Å². The van der Waals surface area contributed by atoms with E-state index in [2.05, 4.69) is 26.2 Å². The van der Waals surface area contributed by atoms with E-state index < -0.39 is 0 Å². The lowest BCUT2D eigenvalue weighted by Gasteiger charge is -2.00. The van der Waals surface area contributed by atoms with Gasteiger partial charge in [-0.15, -0.1) is 0 Å². The number of hydrogen-bond donors (Lipinski definition) is 2. The van der Waals surface area contributed by atoms with E-state index >= 15 is 0 Å². The third-order valence-electron chi connectivity index (χ3n) is 3.83. The Morgan fingerprint density at radius 3 is 3.00 bits per heavy atom. The lowest BCUT2D eigenvalue weighted by Crippen LogP contribution is -2.00. The second-order valence-electron chi connectivity index (χ2n) is 5.26. The van der Waals surface area contributed by atoms with Gasteiger partial charge in [0.2, 0.25) is 0 Å². The average molecular weight is 292 g/mol. The van der Waals surface area contributed by atoms with Gasteiger partial charge >= 0.3 is 0 Å². The number of aromatic amines is 1. The molecule has 0 aliphatic rings. The zero-order valence-electron chi connectivity index (χ0n) is 12.0. The van der Waals surface area contributed by atoms with Crippen LogP contribution < -0.4 is 5.73 Å². The molecule has 0 atom stereocenters. The first kappa shape index (κ1) is 13.0. The molecule has 3 N–H and O–H groups in total. The molecule has 110 valence electrons. The third-order valence-corrected chi connectivity index (χ3v) is 3.83. The number of nitrogens with one attached hydrogen (secondary N) is 1. The van der Waals surface area contributed by atoms with E-state index in [1.54, 1.807) is 10.8 Å².